The lowest BCUT2D eigenvalue weighted by molar-refractivity contribution is -0.190. The van der Waals surface area contributed by atoms with Crippen LogP contribution >= 0.6 is 0 Å². The summed E-state index contributed by atoms with van der Waals surface area (Å²) in [6.07, 6.45) is 4.33. The van der Waals surface area contributed by atoms with Crippen LogP contribution in [0.3, 0.4) is 0 Å². The molecule has 198 valence electrons. The van der Waals surface area contributed by atoms with Crippen LogP contribution in [0.15, 0.2) is 54.6 Å². The van der Waals surface area contributed by atoms with Gasteiger partial charge in [-0.1, -0.05) is 48.4 Å². The second-order valence-electron chi connectivity index (χ2n) is 9.07. The highest BCUT2D eigenvalue weighted by Crippen LogP contribution is 2.28. The lowest BCUT2D eigenvalue weighted by Crippen LogP contribution is -2.76. The van der Waals surface area contributed by atoms with Gasteiger partial charge >= 0.3 is 12.0 Å². The molecule has 2 heterocycles. The molecule has 0 radical (unpaired) electrons. The van der Waals surface area contributed by atoms with Crippen LogP contribution in [-0.2, 0) is 27.3 Å². The van der Waals surface area contributed by atoms with Gasteiger partial charge in [-0.3, -0.25) is 14.4 Å². The van der Waals surface area contributed by atoms with E-state index in [9.17, 15) is 28.7 Å². The molecule has 2 aliphatic heterocycles. The van der Waals surface area contributed by atoms with E-state index in [2.05, 4.69) is 11.2 Å². The summed E-state index contributed by atoms with van der Waals surface area (Å²) in [5.74, 6) is -0.187. The number of rotatable bonds is 8. The van der Waals surface area contributed by atoms with Gasteiger partial charge in [-0.25, -0.2) is 14.2 Å². The highest BCUT2D eigenvalue weighted by molar-refractivity contribution is 5.93. The molecular weight excluding hydrogens is 493 g/mol. The molecule has 2 fully saturated rings. The number of carbonyl (C=O) groups excluding carboxylic acids is 3. The Balaban J connectivity index is 1.61. The molecule has 38 heavy (non-hydrogen) atoms. The predicted octanol–water partition coefficient (Wildman–Crippen LogP) is 1.28. The van der Waals surface area contributed by atoms with Gasteiger partial charge in [0.1, 0.15) is 18.0 Å². The van der Waals surface area contributed by atoms with Gasteiger partial charge in [-0.2, -0.15) is 5.01 Å². The Morgan fingerprint density at radius 2 is 1.79 bits per heavy atom. The maximum atomic E-state index is 13.5. The molecule has 4 amide bonds. The summed E-state index contributed by atoms with van der Waals surface area (Å²) in [4.78, 5) is 54.3. The van der Waals surface area contributed by atoms with Crippen molar-refractivity contribution in [3.8, 4) is 12.3 Å². The number of benzene rings is 2. The Kier molecular flexibility index (Phi) is 8.23. The molecule has 2 N–H and O–H groups in total. The first-order valence-electron chi connectivity index (χ1n) is 12.1. The number of amides is 4. The van der Waals surface area contributed by atoms with Gasteiger partial charge in [0.05, 0.1) is 26.1 Å². The number of urea groups is 1. The van der Waals surface area contributed by atoms with Crippen molar-refractivity contribution in [2.24, 2.45) is 0 Å². The van der Waals surface area contributed by atoms with Gasteiger partial charge in [0.15, 0.2) is 0 Å². The number of terminal acetylenes is 1. The standard InChI is InChI=1S/C27H28FN5O5/c1-2-13-31-18-24(34)32-22(15-25(35)36)26(37)30(14-12-19-8-10-21(28)11-9-19)17-23(32)33(31)27(38)29-16-20-6-4-3-5-7-20/h1,3-11,22-23H,12-18H2,(H,29,38)(H,35,36)/t22-,23-/m0/s1. The zero-order chi connectivity index (χ0) is 27.2. The first-order valence-corrected chi connectivity index (χ1v) is 12.1. The number of halogens is 1. The third-order valence-corrected chi connectivity index (χ3v) is 6.55. The number of hydrogen-bond acceptors (Lipinski definition) is 5. The van der Waals surface area contributed by atoms with Crippen LogP contribution in [0, 0.1) is 18.2 Å². The summed E-state index contributed by atoms with van der Waals surface area (Å²) in [5.41, 5.74) is 1.64. The Morgan fingerprint density at radius 3 is 2.45 bits per heavy atom. The Labute approximate surface area is 219 Å². The largest absolute Gasteiger partial charge is 0.481 e. The molecule has 2 aliphatic rings. The fourth-order valence-corrected chi connectivity index (χ4v) is 4.77. The van der Waals surface area contributed by atoms with Gasteiger partial charge in [-0.15, -0.1) is 6.42 Å². The Morgan fingerprint density at radius 1 is 1.08 bits per heavy atom. The number of hydrazine groups is 1. The molecule has 11 heteroatoms. The average Bonchev–Trinajstić information content (AvgIpc) is 2.89. The monoisotopic (exact) mass is 521 g/mol. The average molecular weight is 522 g/mol. The number of piperazine rings is 1. The molecule has 10 nitrogen and oxygen atoms in total. The van der Waals surface area contributed by atoms with Crippen LogP contribution in [0.1, 0.15) is 17.5 Å². The van der Waals surface area contributed by atoms with Gasteiger partial charge < -0.3 is 20.2 Å². The van der Waals surface area contributed by atoms with Crippen molar-refractivity contribution in [3.63, 3.8) is 0 Å². The highest BCUT2D eigenvalue weighted by atomic mass is 19.1. The molecule has 0 aromatic heterocycles. The number of nitrogens with zero attached hydrogens (tertiary/aromatic N) is 4. The lowest BCUT2D eigenvalue weighted by atomic mass is 10.0. The summed E-state index contributed by atoms with van der Waals surface area (Å²) in [5, 5.41) is 15.1. The van der Waals surface area contributed by atoms with E-state index >= 15 is 0 Å². The lowest BCUT2D eigenvalue weighted by Gasteiger charge is -2.54. The maximum absolute atomic E-state index is 13.5. The fourth-order valence-electron chi connectivity index (χ4n) is 4.77. The highest BCUT2D eigenvalue weighted by Gasteiger charge is 2.51. The van der Waals surface area contributed by atoms with Crippen molar-refractivity contribution < 1.29 is 28.7 Å². The van der Waals surface area contributed by atoms with E-state index in [1.54, 1.807) is 12.1 Å². The molecular formula is C27H28FN5O5. The van der Waals surface area contributed by atoms with Crippen LogP contribution in [0.5, 0.6) is 0 Å². The number of carbonyl (C=O) groups is 4. The number of fused-ring (bicyclic) bond motifs is 1. The van der Waals surface area contributed by atoms with Gasteiger partial charge in [0.25, 0.3) is 0 Å². The zero-order valence-corrected chi connectivity index (χ0v) is 20.6. The predicted molar refractivity (Wildman–Crippen MR) is 134 cm³/mol. The summed E-state index contributed by atoms with van der Waals surface area (Å²) in [6, 6.07) is 13.3. The smallest absolute Gasteiger partial charge is 0.334 e. The van der Waals surface area contributed by atoms with Crippen molar-refractivity contribution in [1.29, 1.82) is 0 Å². The van der Waals surface area contributed by atoms with E-state index in [-0.39, 0.29) is 38.5 Å². The summed E-state index contributed by atoms with van der Waals surface area (Å²) >= 11 is 0. The first kappa shape index (κ1) is 26.6. The fraction of sp³-hybridized carbons (Fsp3) is 0.333. The van der Waals surface area contributed by atoms with Crippen LogP contribution in [0.2, 0.25) is 0 Å². The zero-order valence-electron chi connectivity index (χ0n) is 20.6. The Hall–Kier alpha value is -4.43. The molecule has 0 unspecified atom stereocenters. The number of aliphatic carboxylic acids is 1. The molecule has 2 aromatic rings. The number of nitrogens with one attached hydrogen (secondary N) is 1. The molecule has 0 bridgehead atoms. The van der Waals surface area contributed by atoms with E-state index in [1.807, 2.05) is 30.3 Å². The third-order valence-electron chi connectivity index (χ3n) is 6.55. The van der Waals surface area contributed by atoms with Crippen LogP contribution in [-0.4, -0.2) is 87.1 Å². The molecule has 2 aromatic carbocycles. The third kappa shape index (κ3) is 5.92. The van der Waals surface area contributed by atoms with Crippen LogP contribution < -0.4 is 5.32 Å². The summed E-state index contributed by atoms with van der Waals surface area (Å²) in [6.45, 7) is 0.0440. The van der Waals surface area contributed by atoms with Gasteiger partial charge in [-0.05, 0) is 29.7 Å². The second-order valence-corrected chi connectivity index (χ2v) is 9.07. The Bertz CT molecular complexity index is 1230. The summed E-state index contributed by atoms with van der Waals surface area (Å²) < 4.78 is 13.3. The molecule has 2 saturated heterocycles. The SMILES string of the molecule is C#CCN1CC(=O)N2[C@@H](CC(=O)O)C(=O)N(CCc3ccc(F)cc3)C[C@@H]2N1C(=O)NCc1ccccc1. The first-order chi connectivity index (χ1) is 18.3. The van der Waals surface area contributed by atoms with Gasteiger partial charge in [0, 0.05) is 13.1 Å². The van der Waals surface area contributed by atoms with Gasteiger partial charge in [0.2, 0.25) is 11.8 Å². The molecule has 0 saturated carbocycles. The van der Waals surface area contributed by atoms with E-state index in [1.165, 1.54) is 32.0 Å². The minimum absolute atomic E-state index is 0.0397. The van der Waals surface area contributed by atoms with E-state index in [0.717, 1.165) is 11.1 Å². The van der Waals surface area contributed by atoms with Crippen molar-refractivity contribution in [2.75, 3.05) is 26.2 Å². The number of carboxylic acid groups (broad SMARTS) is 1. The molecule has 0 spiro atoms. The number of hydrogen-bond donors (Lipinski definition) is 2. The van der Waals surface area contributed by atoms with Crippen molar-refractivity contribution in [2.45, 2.75) is 31.6 Å². The maximum Gasteiger partial charge on any atom is 0.334 e. The number of carboxylic acids is 1. The van der Waals surface area contributed by atoms with Crippen LogP contribution in [0.25, 0.3) is 0 Å². The quantitative estimate of drug-likeness (QED) is 0.506. The molecule has 0 aliphatic carbocycles. The van der Waals surface area contributed by atoms with Crippen molar-refractivity contribution >= 4 is 23.8 Å². The van der Waals surface area contributed by atoms with Crippen LogP contribution in [0.4, 0.5) is 9.18 Å². The summed E-state index contributed by atoms with van der Waals surface area (Å²) in [7, 11) is 0. The molecule has 2 atom stereocenters. The topological polar surface area (TPSA) is 114 Å². The molecule has 4 rings (SSSR count). The van der Waals surface area contributed by atoms with E-state index < -0.39 is 42.4 Å². The normalized spacial score (nSPS) is 19.6. The van der Waals surface area contributed by atoms with E-state index in [4.69, 9.17) is 6.42 Å². The van der Waals surface area contributed by atoms with Crippen molar-refractivity contribution in [1.82, 2.24) is 25.1 Å². The van der Waals surface area contributed by atoms with Crippen molar-refractivity contribution in [3.05, 3.63) is 71.5 Å². The minimum atomic E-state index is -1.29. The van der Waals surface area contributed by atoms with E-state index in [0.29, 0.717) is 6.42 Å². The second kappa shape index (κ2) is 11.7. The minimum Gasteiger partial charge on any atom is -0.481 e.